The molecular weight excluding hydrogens is 406 g/mol. The van der Waals surface area contributed by atoms with Crippen molar-refractivity contribution in [3.05, 3.63) is 89.6 Å². The number of hydrogen-bond acceptors (Lipinski definition) is 6. The molecule has 3 rings (SSSR count). The number of methoxy groups -OCH3 is 3. The Hall–Kier alpha value is -4.19. The number of benzene rings is 3. The van der Waals surface area contributed by atoms with E-state index in [2.05, 4.69) is 5.32 Å². The van der Waals surface area contributed by atoms with E-state index in [1.54, 1.807) is 39.7 Å². The van der Waals surface area contributed by atoms with Gasteiger partial charge in [0.1, 0.15) is 5.75 Å². The van der Waals surface area contributed by atoms with Crippen molar-refractivity contribution >= 4 is 23.6 Å². The SMILES string of the molecule is COc1cc(C=Cc2ccccc2NC=CC(=O)c2ccc(O)cc2)cc(OC)c1OC. The van der Waals surface area contributed by atoms with E-state index in [0.29, 0.717) is 22.8 Å². The predicted octanol–water partition coefficient (Wildman–Crippen LogP) is 5.40. The molecule has 0 saturated carbocycles. The van der Waals surface area contributed by atoms with Crippen molar-refractivity contribution in [1.82, 2.24) is 0 Å². The van der Waals surface area contributed by atoms with Crippen LogP contribution >= 0.6 is 0 Å². The van der Waals surface area contributed by atoms with Gasteiger partial charge in [0.2, 0.25) is 5.75 Å². The molecule has 164 valence electrons. The third-order valence-electron chi connectivity index (χ3n) is 4.73. The van der Waals surface area contributed by atoms with E-state index in [1.165, 1.54) is 18.2 Å². The number of nitrogens with one attached hydrogen (secondary N) is 1. The zero-order chi connectivity index (χ0) is 22.9. The van der Waals surface area contributed by atoms with Gasteiger partial charge in [-0.15, -0.1) is 0 Å². The molecule has 0 radical (unpaired) electrons. The molecule has 3 aromatic carbocycles. The molecule has 0 amide bonds. The zero-order valence-electron chi connectivity index (χ0n) is 18.2. The second-order valence-electron chi connectivity index (χ2n) is 6.77. The highest BCUT2D eigenvalue weighted by atomic mass is 16.5. The van der Waals surface area contributed by atoms with E-state index in [-0.39, 0.29) is 11.5 Å². The minimum absolute atomic E-state index is 0.122. The smallest absolute Gasteiger partial charge is 0.203 e. The summed E-state index contributed by atoms with van der Waals surface area (Å²) in [5.41, 5.74) is 3.15. The van der Waals surface area contributed by atoms with Crippen LogP contribution in [-0.2, 0) is 0 Å². The third kappa shape index (κ3) is 5.49. The highest BCUT2D eigenvalue weighted by molar-refractivity contribution is 6.04. The number of phenols is 1. The molecule has 0 fully saturated rings. The van der Waals surface area contributed by atoms with Crippen LogP contribution in [0.4, 0.5) is 5.69 Å². The summed E-state index contributed by atoms with van der Waals surface area (Å²) in [6.45, 7) is 0. The third-order valence-corrected chi connectivity index (χ3v) is 4.73. The molecule has 0 aliphatic rings. The number of rotatable bonds is 9. The maximum Gasteiger partial charge on any atom is 0.203 e. The summed E-state index contributed by atoms with van der Waals surface area (Å²) in [6.07, 6.45) is 6.95. The van der Waals surface area contributed by atoms with Gasteiger partial charge in [-0.25, -0.2) is 0 Å². The van der Waals surface area contributed by atoms with Gasteiger partial charge in [-0.1, -0.05) is 30.4 Å². The Bertz CT molecular complexity index is 1110. The molecule has 0 unspecified atom stereocenters. The normalized spacial score (nSPS) is 11.0. The van der Waals surface area contributed by atoms with E-state index in [9.17, 15) is 9.90 Å². The van der Waals surface area contributed by atoms with Crippen LogP contribution in [0.2, 0.25) is 0 Å². The standard InChI is InChI=1S/C26H25NO5/c1-30-24-16-18(17-25(31-2)26(24)32-3)8-9-19-6-4-5-7-22(19)27-15-14-23(29)20-10-12-21(28)13-11-20/h4-17,27-28H,1-3H3. The average Bonchev–Trinajstić information content (AvgIpc) is 2.82. The first-order valence-corrected chi connectivity index (χ1v) is 9.89. The molecule has 0 aliphatic heterocycles. The summed E-state index contributed by atoms with van der Waals surface area (Å²) >= 11 is 0. The Morgan fingerprint density at radius 3 is 2.16 bits per heavy atom. The molecule has 0 heterocycles. The van der Waals surface area contributed by atoms with Gasteiger partial charge in [-0.3, -0.25) is 4.79 Å². The van der Waals surface area contributed by atoms with Crippen molar-refractivity contribution < 1.29 is 24.1 Å². The zero-order valence-corrected chi connectivity index (χ0v) is 18.2. The van der Waals surface area contributed by atoms with Crippen LogP contribution < -0.4 is 19.5 Å². The number of aromatic hydroxyl groups is 1. The highest BCUT2D eigenvalue weighted by Gasteiger charge is 2.12. The number of anilines is 1. The Morgan fingerprint density at radius 1 is 0.875 bits per heavy atom. The molecule has 0 bridgehead atoms. The largest absolute Gasteiger partial charge is 0.508 e. The quantitative estimate of drug-likeness (QED) is 0.268. The summed E-state index contributed by atoms with van der Waals surface area (Å²) in [6, 6.07) is 17.6. The molecule has 32 heavy (non-hydrogen) atoms. The lowest BCUT2D eigenvalue weighted by Gasteiger charge is -2.13. The Labute approximate surface area is 187 Å². The molecule has 0 atom stereocenters. The summed E-state index contributed by atoms with van der Waals surface area (Å²) in [4.78, 5) is 12.3. The fourth-order valence-corrected chi connectivity index (χ4v) is 3.09. The monoisotopic (exact) mass is 431 g/mol. The maximum absolute atomic E-state index is 12.3. The van der Waals surface area contributed by atoms with Gasteiger partial charge in [-0.05, 0) is 53.6 Å². The number of ketones is 1. The Balaban J connectivity index is 1.77. The molecule has 0 aromatic heterocycles. The molecule has 0 aliphatic carbocycles. The van der Waals surface area contributed by atoms with E-state index in [1.807, 2.05) is 48.6 Å². The van der Waals surface area contributed by atoms with E-state index in [4.69, 9.17) is 14.2 Å². The van der Waals surface area contributed by atoms with Gasteiger partial charge in [0.15, 0.2) is 17.3 Å². The minimum atomic E-state index is -0.164. The van der Waals surface area contributed by atoms with Crippen LogP contribution in [-0.4, -0.2) is 32.2 Å². The first kappa shape index (κ1) is 22.5. The Kier molecular flexibility index (Phi) is 7.54. The van der Waals surface area contributed by atoms with E-state index < -0.39 is 0 Å². The molecule has 6 heteroatoms. The van der Waals surface area contributed by atoms with Crippen molar-refractivity contribution in [3.63, 3.8) is 0 Å². The van der Waals surface area contributed by atoms with Crippen LogP contribution in [0, 0.1) is 0 Å². The second-order valence-corrected chi connectivity index (χ2v) is 6.77. The van der Waals surface area contributed by atoms with Crippen LogP contribution in [0.15, 0.2) is 72.9 Å². The topological polar surface area (TPSA) is 77.0 Å². The first-order chi connectivity index (χ1) is 15.5. The van der Waals surface area contributed by atoms with Crippen molar-refractivity contribution in [2.45, 2.75) is 0 Å². The molecule has 2 N–H and O–H groups in total. The summed E-state index contributed by atoms with van der Waals surface area (Å²) < 4.78 is 16.2. The van der Waals surface area contributed by atoms with Crippen LogP contribution in [0.25, 0.3) is 12.2 Å². The average molecular weight is 431 g/mol. The number of carbonyl (C=O) groups is 1. The maximum atomic E-state index is 12.3. The van der Waals surface area contributed by atoms with Gasteiger partial charge in [0.25, 0.3) is 0 Å². The van der Waals surface area contributed by atoms with E-state index in [0.717, 1.165) is 16.8 Å². The highest BCUT2D eigenvalue weighted by Crippen LogP contribution is 2.38. The van der Waals surface area contributed by atoms with Crippen molar-refractivity contribution in [3.8, 4) is 23.0 Å². The summed E-state index contributed by atoms with van der Waals surface area (Å²) in [5.74, 6) is 1.65. The van der Waals surface area contributed by atoms with Crippen LogP contribution in [0.1, 0.15) is 21.5 Å². The van der Waals surface area contributed by atoms with E-state index >= 15 is 0 Å². The van der Waals surface area contributed by atoms with Gasteiger partial charge in [0.05, 0.1) is 21.3 Å². The number of phenolic OH excluding ortho intramolecular Hbond substituents is 1. The van der Waals surface area contributed by atoms with Crippen LogP contribution in [0.5, 0.6) is 23.0 Å². The van der Waals surface area contributed by atoms with Gasteiger partial charge in [0, 0.05) is 23.5 Å². The lowest BCUT2D eigenvalue weighted by Crippen LogP contribution is -1.97. The molecule has 0 saturated heterocycles. The molecule has 0 spiro atoms. The fraction of sp³-hybridized carbons (Fsp3) is 0.115. The van der Waals surface area contributed by atoms with Crippen LogP contribution in [0.3, 0.4) is 0 Å². The summed E-state index contributed by atoms with van der Waals surface area (Å²) in [5, 5.41) is 12.5. The lowest BCUT2D eigenvalue weighted by atomic mass is 10.1. The number of ether oxygens (including phenoxy) is 3. The number of hydrogen-bond donors (Lipinski definition) is 2. The number of para-hydroxylation sites is 1. The molecule has 3 aromatic rings. The molecular formula is C26H25NO5. The Morgan fingerprint density at radius 2 is 1.53 bits per heavy atom. The first-order valence-electron chi connectivity index (χ1n) is 9.89. The van der Waals surface area contributed by atoms with Gasteiger partial charge in [-0.2, -0.15) is 0 Å². The summed E-state index contributed by atoms with van der Waals surface area (Å²) in [7, 11) is 4.73. The minimum Gasteiger partial charge on any atom is -0.508 e. The lowest BCUT2D eigenvalue weighted by molar-refractivity contribution is 0.104. The number of carbonyl (C=O) groups excluding carboxylic acids is 1. The second kappa shape index (κ2) is 10.7. The van der Waals surface area contributed by atoms with Crippen molar-refractivity contribution in [2.75, 3.05) is 26.6 Å². The fourth-order valence-electron chi connectivity index (χ4n) is 3.09. The van der Waals surface area contributed by atoms with Crippen molar-refractivity contribution in [1.29, 1.82) is 0 Å². The van der Waals surface area contributed by atoms with Crippen molar-refractivity contribution in [2.24, 2.45) is 0 Å². The number of allylic oxidation sites excluding steroid dienone is 1. The van der Waals surface area contributed by atoms with Gasteiger partial charge < -0.3 is 24.6 Å². The molecule has 6 nitrogen and oxygen atoms in total. The predicted molar refractivity (Wildman–Crippen MR) is 127 cm³/mol. The van der Waals surface area contributed by atoms with Gasteiger partial charge >= 0.3 is 0 Å².